The van der Waals surface area contributed by atoms with E-state index in [1.807, 2.05) is 0 Å². The van der Waals surface area contributed by atoms with Crippen molar-refractivity contribution in [3.05, 3.63) is 13.2 Å². The van der Waals surface area contributed by atoms with E-state index in [0.717, 1.165) is 0 Å². The first-order valence-corrected chi connectivity index (χ1v) is 7.30. The minimum absolute atomic E-state index is 2.72. The molecule has 0 aromatic heterocycles. The van der Waals surface area contributed by atoms with E-state index < -0.39 is 5.31 Å². The van der Waals surface area contributed by atoms with Crippen LogP contribution < -0.4 is 0 Å². The van der Waals surface area contributed by atoms with E-state index in [0.29, 0.717) is 0 Å². The van der Waals surface area contributed by atoms with Crippen molar-refractivity contribution >= 4 is 49.6 Å². The van der Waals surface area contributed by atoms with Gasteiger partial charge in [-0.25, -0.2) is 0 Å². The Morgan fingerprint density at radius 2 is 0.857 bits per heavy atom. The van der Waals surface area contributed by atoms with Gasteiger partial charge in [-0.1, -0.05) is 0 Å². The largest absolute Gasteiger partial charge is 0.440 e. The van der Waals surface area contributed by atoms with Gasteiger partial charge in [0.25, 0.3) is 0 Å². The zero-order chi connectivity index (χ0) is 6.50. The molecule has 0 atom stereocenters. The molecule has 0 N–H and O–H groups in total. The minimum Gasteiger partial charge on any atom is -0.110 e. The molecule has 0 aromatic carbocycles. The molecular formula is C2H4Cl4Si. The fourth-order valence-corrected chi connectivity index (χ4v) is 0. The predicted octanol–water partition coefficient (Wildman–Crippen LogP) is 3.18. The molecule has 0 aromatic rings. The smallest absolute Gasteiger partial charge is 0.110 e. The molecule has 0 aliphatic rings. The second kappa shape index (κ2) is 5.26. The number of hydrogen-bond donors (Lipinski definition) is 0. The third kappa shape index (κ3) is 149. The molecule has 0 saturated heterocycles. The standard InChI is InChI=1S/C2H4.Cl4Si/c1-2;1-5(2,3)4/h1-2H2;. The lowest BCUT2D eigenvalue weighted by Crippen LogP contribution is -1.91. The molecule has 7 heavy (non-hydrogen) atoms. The van der Waals surface area contributed by atoms with Gasteiger partial charge in [-0.3, -0.25) is 0 Å². The van der Waals surface area contributed by atoms with Gasteiger partial charge in [0, 0.05) is 0 Å². The lowest BCUT2D eigenvalue weighted by Gasteiger charge is -1.85. The fourth-order valence-electron chi connectivity index (χ4n) is 0. The van der Waals surface area contributed by atoms with Crippen molar-refractivity contribution in [3.8, 4) is 0 Å². The van der Waals surface area contributed by atoms with E-state index in [2.05, 4.69) is 13.2 Å². The maximum atomic E-state index is 4.97. The first kappa shape index (κ1) is 11.0. The summed E-state index contributed by atoms with van der Waals surface area (Å²) in [5.74, 6) is 0. The summed E-state index contributed by atoms with van der Waals surface area (Å²) in [5, 5.41) is -2.72. The highest BCUT2D eigenvalue weighted by atomic mass is 36.0. The van der Waals surface area contributed by atoms with Crippen LogP contribution in [0, 0.1) is 0 Å². The molecule has 0 bridgehead atoms. The average Bonchev–Trinajstić information content (AvgIpc) is 1.36. The molecule has 0 spiro atoms. The van der Waals surface area contributed by atoms with Gasteiger partial charge in [0.1, 0.15) is 0 Å². The molecule has 5 heteroatoms. The summed E-state index contributed by atoms with van der Waals surface area (Å²) in [6.45, 7) is 6.00. The molecule has 44 valence electrons. The van der Waals surface area contributed by atoms with Crippen LogP contribution in [0.15, 0.2) is 13.2 Å². The maximum Gasteiger partial charge on any atom is 0.440 e. The quantitative estimate of drug-likeness (QED) is 0.318. The summed E-state index contributed by atoms with van der Waals surface area (Å²) >= 11 is 19.9. The molecule has 0 unspecified atom stereocenters. The second-order valence-corrected chi connectivity index (χ2v) is 11.6. The van der Waals surface area contributed by atoms with Gasteiger partial charge in [-0.05, 0) is 0 Å². The van der Waals surface area contributed by atoms with Crippen molar-refractivity contribution in [2.45, 2.75) is 0 Å². The predicted molar refractivity (Wildman–Crippen MR) is 40.4 cm³/mol. The van der Waals surface area contributed by atoms with Crippen molar-refractivity contribution in [2.75, 3.05) is 0 Å². The lowest BCUT2D eigenvalue weighted by molar-refractivity contribution is 2.81. The van der Waals surface area contributed by atoms with Gasteiger partial charge in [-0.2, -0.15) is 0 Å². The zero-order valence-electron chi connectivity index (χ0n) is 3.43. The highest BCUT2D eigenvalue weighted by Crippen LogP contribution is 2.23. The summed E-state index contributed by atoms with van der Waals surface area (Å²) in [6.07, 6.45) is 0. The fraction of sp³-hybridized carbons (Fsp3) is 0. The molecule has 0 aliphatic carbocycles. The Labute approximate surface area is 62.8 Å². The number of hydrogen-bond acceptors (Lipinski definition) is 0. The van der Waals surface area contributed by atoms with Crippen LogP contribution in [-0.2, 0) is 0 Å². The van der Waals surface area contributed by atoms with E-state index in [1.165, 1.54) is 0 Å². The van der Waals surface area contributed by atoms with Gasteiger partial charge in [0.05, 0.1) is 0 Å². The number of halogens is 4. The molecule has 0 radical (unpaired) electrons. The Bertz CT molecular complexity index is 33.4. The van der Waals surface area contributed by atoms with Gasteiger partial charge in [-0.15, -0.1) is 57.5 Å². The van der Waals surface area contributed by atoms with E-state index in [-0.39, 0.29) is 0 Å². The molecule has 0 heterocycles. The Kier molecular flexibility index (Phi) is 8.25. The van der Waals surface area contributed by atoms with Gasteiger partial charge in [0.2, 0.25) is 0 Å². The van der Waals surface area contributed by atoms with Crippen LogP contribution >= 0.6 is 44.3 Å². The van der Waals surface area contributed by atoms with Crippen molar-refractivity contribution < 1.29 is 0 Å². The van der Waals surface area contributed by atoms with Crippen LogP contribution in [0.25, 0.3) is 0 Å². The molecule has 0 nitrogen and oxygen atoms in total. The monoisotopic (exact) mass is 196 g/mol. The lowest BCUT2D eigenvalue weighted by atomic mass is 11.3. The molecular weight excluding hydrogens is 194 g/mol. The molecule has 0 rings (SSSR count). The normalized spacial score (nSPS) is 9.14. The van der Waals surface area contributed by atoms with Crippen LogP contribution in [0.3, 0.4) is 0 Å². The van der Waals surface area contributed by atoms with Crippen LogP contribution in [0.4, 0.5) is 0 Å². The highest BCUT2D eigenvalue weighted by molar-refractivity contribution is 7.81. The first-order valence-electron chi connectivity index (χ1n) is 1.26. The van der Waals surface area contributed by atoms with E-state index in [4.69, 9.17) is 44.3 Å². The van der Waals surface area contributed by atoms with Crippen molar-refractivity contribution in [1.29, 1.82) is 0 Å². The van der Waals surface area contributed by atoms with Crippen LogP contribution in [-0.4, -0.2) is 5.31 Å². The third-order valence-electron chi connectivity index (χ3n) is 0. The molecule has 0 aliphatic heterocycles. The van der Waals surface area contributed by atoms with Crippen LogP contribution in [0.5, 0.6) is 0 Å². The minimum atomic E-state index is -2.72. The summed E-state index contributed by atoms with van der Waals surface area (Å²) < 4.78 is 0. The number of rotatable bonds is 0. The van der Waals surface area contributed by atoms with Crippen molar-refractivity contribution in [2.24, 2.45) is 0 Å². The Morgan fingerprint density at radius 3 is 0.857 bits per heavy atom. The van der Waals surface area contributed by atoms with E-state index >= 15 is 0 Å². The Hall–Kier alpha value is 1.12. The summed E-state index contributed by atoms with van der Waals surface area (Å²) in [5.41, 5.74) is 0. The summed E-state index contributed by atoms with van der Waals surface area (Å²) in [4.78, 5) is 0. The van der Waals surface area contributed by atoms with Crippen LogP contribution in [0.2, 0.25) is 0 Å². The topological polar surface area (TPSA) is 0 Å². The SMILES string of the molecule is C=C.Cl[Si](Cl)(Cl)Cl. The van der Waals surface area contributed by atoms with Crippen molar-refractivity contribution in [3.63, 3.8) is 0 Å². The van der Waals surface area contributed by atoms with E-state index in [9.17, 15) is 0 Å². The van der Waals surface area contributed by atoms with Gasteiger partial charge < -0.3 is 0 Å². The zero-order valence-corrected chi connectivity index (χ0v) is 7.45. The van der Waals surface area contributed by atoms with Crippen molar-refractivity contribution in [1.82, 2.24) is 0 Å². The Morgan fingerprint density at radius 1 is 0.857 bits per heavy atom. The molecule has 0 fully saturated rings. The third-order valence-corrected chi connectivity index (χ3v) is 0. The van der Waals surface area contributed by atoms with Crippen LogP contribution in [0.1, 0.15) is 0 Å². The van der Waals surface area contributed by atoms with E-state index in [1.54, 1.807) is 0 Å². The summed E-state index contributed by atoms with van der Waals surface area (Å²) in [6, 6.07) is 0. The maximum absolute atomic E-state index is 4.97. The summed E-state index contributed by atoms with van der Waals surface area (Å²) in [7, 11) is 0. The molecule has 0 amide bonds. The highest BCUT2D eigenvalue weighted by Gasteiger charge is 2.19. The van der Waals surface area contributed by atoms with Gasteiger partial charge in [0.15, 0.2) is 0 Å². The first-order chi connectivity index (χ1) is 3.00. The average molecular weight is 198 g/mol. The molecule has 0 saturated carbocycles. The van der Waals surface area contributed by atoms with Gasteiger partial charge >= 0.3 is 5.31 Å². The Balaban J connectivity index is 0. The second-order valence-electron chi connectivity index (χ2n) is 0.429.